The Kier molecular flexibility index (Phi) is 4.51. The first-order valence-electron chi connectivity index (χ1n) is 7.88. The smallest absolute Gasteiger partial charge is 0.348 e. The number of nitrogens with zero attached hydrogens (tertiary/aromatic N) is 3. The van der Waals surface area contributed by atoms with Gasteiger partial charge in [0.2, 0.25) is 0 Å². The highest BCUT2D eigenvalue weighted by Gasteiger charge is 2.11. The molecule has 0 fully saturated rings. The monoisotopic (exact) mass is 323 g/mol. The molecule has 0 aliphatic rings. The van der Waals surface area contributed by atoms with E-state index in [0.717, 1.165) is 12.0 Å². The van der Waals surface area contributed by atoms with Gasteiger partial charge in [-0.25, -0.2) is 14.0 Å². The zero-order chi connectivity index (χ0) is 17.1. The molecule has 0 spiro atoms. The summed E-state index contributed by atoms with van der Waals surface area (Å²) in [5, 5.41) is 4.05. The first-order valence-corrected chi connectivity index (χ1v) is 7.88. The molecule has 3 rings (SSSR count). The second-order valence-electron chi connectivity index (χ2n) is 5.96. The maximum absolute atomic E-state index is 12.1. The summed E-state index contributed by atoms with van der Waals surface area (Å²) in [7, 11) is 3.13. The number of aromatic nitrogens is 3. The number of aryl methyl sites for hydroxylation is 2. The third-order valence-electron chi connectivity index (χ3n) is 4.01. The number of hydrogen-bond acceptors (Lipinski definition) is 3. The zero-order valence-electron chi connectivity index (χ0n) is 14.2. The summed E-state index contributed by atoms with van der Waals surface area (Å²) in [5.41, 5.74) is 4.67. The van der Waals surface area contributed by atoms with Crippen LogP contribution in [0.4, 0.5) is 0 Å². The lowest BCUT2D eigenvalue weighted by molar-refractivity contribution is 0.357. The molecule has 0 saturated carbocycles. The summed E-state index contributed by atoms with van der Waals surface area (Å²) in [6, 6.07) is 17.2. The van der Waals surface area contributed by atoms with Gasteiger partial charge in [-0.1, -0.05) is 54.1 Å². The molecule has 0 saturated heterocycles. The lowest BCUT2D eigenvalue weighted by Gasteiger charge is -2.07. The van der Waals surface area contributed by atoms with Crippen molar-refractivity contribution in [1.82, 2.24) is 14.3 Å². The first-order chi connectivity index (χ1) is 11.6. The predicted octanol–water partition coefficient (Wildman–Crippen LogP) is 2.54. The van der Waals surface area contributed by atoms with Crippen LogP contribution < -0.4 is 10.4 Å². The number of ether oxygens (including phenoxy) is 1. The molecule has 0 atom stereocenters. The molecule has 3 aromatic rings. The van der Waals surface area contributed by atoms with Crippen molar-refractivity contribution in [2.24, 2.45) is 7.05 Å². The van der Waals surface area contributed by atoms with Gasteiger partial charge in [0.1, 0.15) is 0 Å². The fraction of sp³-hybridized carbons (Fsp3) is 0.263. The SMILES string of the molecule is COc1nn(C)c(=O)n1Cc1ccc(Cc2cccc(C)c2)cc1. The lowest BCUT2D eigenvalue weighted by Crippen LogP contribution is -2.23. The van der Waals surface area contributed by atoms with Crippen LogP contribution >= 0.6 is 0 Å². The molecule has 0 bridgehead atoms. The molecule has 2 aromatic carbocycles. The van der Waals surface area contributed by atoms with Crippen LogP contribution in [-0.2, 0) is 20.0 Å². The summed E-state index contributed by atoms with van der Waals surface area (Å²) in [6.07, 6.45) is 0.901. The molecular weight excluding hydrogens is 302 g/mol. The van der Waals surface area contributed by atoms with Crippen LogP contribution in [0.3, 0.4) is 0 Å². The van der Waals surface area contributed by atoms with E-state index in [1.54, 1.807) is 7.05 Å². The predicted molar refractivity (Wildman–Crippen MR) is 93.5 cm³/mol. The second kappa shape index (κ2) is 6.74. The van der Waals surface area contributed by atoms with Gasteiger partial charge in [0, 0.05) is 7.05 Å². The Hall–Kier alpha value is -2.82. The first kappa shape index (κ1) is 16.1. The van der Waals surface area contributed by atoms with E-state index in [0.29, 0.717) is 12.6 Å². The molecule has 1 heterocycles. The zero-order valence-corrected chi connectivity index (χ0v) is 14.2. The van der Waals surface area contributed by atoms with Crippen LogP contribution in [0.5, 0.6) is 6.01 Å². The maximum atomic E-state index is 12.1. The van der Waals surface area contributed by atoms with Crippen LogP contribution in [0.25, 0.3) is 0 Å². The number of hydrogen-bond donors (Lipinski definition) is 0. The van der Waals surface area contributed by atoms with E-state index in [1.165, 1.54) is 33.0 Å². The van der Waals surface area contributed by atoms with Crippen molar-refractivity contribution >= 4 is 0 Å². The molecule has 5 heteroatoms. The third kappa shape index (κ3) is 3.40. The van der Waals surface area contributed by atoms with Crippen LogP contribution in [0.2, 0.25) is 0 Å². The highest BCUT2D eigenvalue weighted by Crippen LogP contribution is 2.14. The normalized spacial score (nSPS) is 10.8. The highest BCUT2D eigenvalue weighted by atomic mass is 16.5. The van der Waals surface area contributed by atoms with E-state index in [-0.39, 0.29) is 5.69 Å². The van der Waals surface area contributed by atoms with Crippen molar-refractivity contribution in [1.29, 1.82) is 0 Å². The van der Waals surface area contributed by atoms with Crippen molar-refractivity contribution < 1.29 is 4.74 Å². The molecular formula is C19H21N3O2. The topological polar surface area (TPSA) is 49.1 Å². The van der Waals surface area contributed by atoms with E-state index < -0.39 is 0 Å². The van der Waals surface area contributed by atoms with E-state index in [4.69, 9.17) is 4.74 Å². The summed E-state index contributed by atoms with van der Waals surface area (Å²) in [5.74, 6) is 0. The van der Waals surface area contributed by atoms with E-state index in [9.17, 15) is 4.79 Å². The summed E-state index contributed by atoms with van der Waals surface area (Å²) < 4.78 is 7.97. The van der Waals surface area contributed by atoms with Crippen molar-refractivity contribution in [3.63, 3.8) is 0 Å². The summed E-state index contributed by atoms with van der Waals surface area (Å²) >= 11 is 0. The largest absolute Gasteiger partial charge is 0.467 e. The van der Waals surface area contributed by atoms with E-state index >= 15 is 0 Å². The molecule has 5 nitrogen and oxygen atoms in total. The van der Waals surface area contributed by atoms with Crippen molar-refractivity contribution in [3.05, 3.63) is 81.3 Å². The Morgan fingerprint density at radius 2 is 1.75 bits per heavy atom. The third-order valence-corrected chi connectivity index (χ3v) is 4.01. The summed E-state index contributed by atoms with van der Waals surface area (Å²) in [6.45, 7) is 2.55. The quantitative estimate of drug-likeness (QED) is 0.725. The van der Waals surface area contributed by atoms with Gasteiger partial charge in [-0.2, -0.15) is 0 Å². The Morgan fingerprint density at radius 1 is 1.04 bits per heavy atom. The molecule has 0 unspecified atom stereocenters. The molecule has 0 amide bonds. The van der Waals surface area contributed by atoms with Crippen LogP contribution in [-0.4, -0.2) is 21.5 Å². The number of benzene rings is 2. The van der Waals surface area contributed by atoms with Gasteiger partial charge in [0.05, 0.1) is 13.7 Å². The molecule has 0 aliphatic carbocycles. The summed E-state index contributed by atoms with van der Waals surface area (Å²) in [4.78, 5) is 12.1. The van der Waals surface area contributed by atoms with E-state index in [1.807, 2.05) is 12.1 Å². The molecule has 124 valence electrons. The Balaban J connectivity index is 1.77. The number of rotatable bonds is 5. The fourth-order valence-corrected chi connectivity index (χ4v) is 2.77. The Morgan fingerprint density at radius 3 is 2.42 bits per heavy atom. The average Bonchev–Trinajstić information content (AvgIpc) is 2.84. The lowest BCUT2D eigenvalue weighted by atomic mass is 10.0. The van der Waals surface area contributed by atoms with Crippen molar-refractivity contribution in [2.45, 2.75) is 19.9 Å². The minimum Gasteiger partial charge on any atom is -0.467 e. The molecule has 0 aliphatic heterocycles. The minimum atomic E-state index is -0.185. The molecule has 1 aromatic heterocycles. The Bertz CT molecular complexity index is 892. The van der Waals surface area contributed by atoms with Gasteiger partial charge in [0.15, 0.2) is 0 Å². The van der Waals surface area contributed by atoms with Crippen molar-refractivity contribution in [2.75, 3.05) is 7.11 Å². The molecule has 0 radical (unpaired) electrons. The average molecular weight is 323 g/mol. The van der Waals surface area contributed by atoms with Gasteiger partial charge >= 0.3 is 11.7 Å². The fourth-order valence-electron chi connectivity index (χ4n) is 2.77. The van der Waals surface area contributed by atoms with E-state index in [2.05, 4.69) is 48.4 Å². The molecule has 0 N–H and O–H groups in total. The van der Waals surface area contributed by atoms with Crippen LogP contribution in [0.1, 0.15) is 22.3 Å². The van der Waals surface area contributed by atoms with Crippen LogP contribution in [0.15, 0.2) is 53.3 Å². The van der Waals surface area contributed by atoms with Gasteiger partial charge < -0.3 is 4.74 Å². The Labute approximate surface area is 141 Å². The highest BCUT2D eigenvalue weighted by molar-refractivity contribution is 5.31. The minimum absolute atomic E-state index is 0.185. The van der Waals surface area contributed by atoms with Gasteiger partial charge in [-0.15, -0.1) is 5.10 Å². The van der Waals surface area contributed by atoms with Crippen molar-refractivity contribution in [3.8, 4) is 6.01 Å². The van der Waals surface area contributed by atoms with Gasteiger partial charge in [-0.3, -0.25) is 0 Å². The van der Waals surface area contributed by atoms with Gasteiger partial charge in [0.25, 0.3) is 0 Å². The second-order valence-corrected chi connectivity index (χ2v) is 5.96. The number of methoxy groups -OCH3 is 1. The maximum Gasteiger partial charge on any atom is 0.348 e. The van der Waals surface area contributed by atoms with Crippen LogP contribution in [0, 0.1) is 6.92 Å². The molecule has 24 heavy (non-hydrogen) atoms. The van der Waals surface area contributed by atoms with Gasteiger partial charge in [-0.05, 0) is 30.0 Å². The standard InChI is InChI=1S/C19H21N3O2/c1-14-5-4-6-17(11-14)12-15-7-9-16(10-8-15)13-22-18(24-3)20-21(2)19(22)23/h4-11H,12-13H2,1-3H3.